The highest BCUT2D eigenvalue weighted by Crippen LogP contribution is 2.17. The van der Waals surface area contributed by atoms with Crippen LogP contribution in [0, 0.1) is 0 Å². The van der Waals surface area contributed by atoms with Crippen molar-refractivity contribution in [1.29, 1.82) is 0 Å². The Morgan fingerprint density at radius 1 is 1.44 bits per heavy atom. The molecule has 1 aliphatic heterocycles. The molecule has 1 aliphatic rings. The van der Waals surface area contributed by atoms with E-state index in [0.717, 1.165) is 30.8 Å². The summed E-state index contributed by atoms with van der Waals surface area (Å²) in [7, 11) is -3.02. The van der Waals surface area contributed by atoms with Crippen molar-refractivity contribution in [3.63, 3.8) is 0 Å². The smallest absolute Gasteiger partial charge is 0.214 e. The van der Waals surface area contributed by atoms with E-state index in [9.17, 15) is 8.42 Å². The summed E-state index contributed by atoms with van der Waals surface area (Å²) in [5.41, 5.74) is 0.933. The minimum Gasteiger partial charge on any atom is -0.370 e. The van der Waals surface area contributed by atoms with Crippen molar-refractivity contribution in [2.45, 2.75) is 26.3 Å². The molecule has 0 saturated carbocycles. The largest absolute Gasteiger partial charge is 0.370 e. The van der Waals surface area contributed by atoms with Crippen molar-refractivity contribution in [2.75, 3.05) is 24.2 Å². The van der Waals surface area contributed by atoms with Gasteiger partial charge in [0.15, 0.2) is 0 Å². The van der Waals surface area contributed by atoms with E-state index >= 15 is 0 Å². The molecule has 1 N–H and O–H groups in total. The second-order valence-corrected chi connectivity index (χ2v) is 6.57. The number of hydrogen-bond donors (Lipinski definition) is 1. The molecule has 100 valence electrons. The molecule has 0 radical (unpaired) electrons. The monoisotopic (exact) mass is 269 g/mol. The van der Waals surface area contributed by atoms with E-state index in [1.807, 2.05) is 12.1 Å². The zero-order valence-corrected chi connectivity index (χ0v) is 11.4. The van der Waals surface area contributed by atoms with Crippen LogP contribution in [0.5, 0.6) is 0 Å². The second-order valence-electron chi connectivity index (χ2n) is 4.48. The quantitative estimate of drug-likeness (QED) is 0.878. The molecule has 2 rings (SSSR count). The minimum atomic E-state index is -3.02. The Morgan fingerprint density at radius 3 is 2.83 bits per heavy atom. The lowest BCUT2D eigenvalue weighted by Gasteiger charge is -2.14. The number of rotatable bonds is 5. The van der Waals surface area contributed by atoms with Crippen LogP contribution in [0.15, 0.2) is 18.3 Å². The van der Waals surface area contributed by atoms with Gasteiger partial charge < -0.3 is 5.32 Å². The van der Waals surface area contributed by atoms with Crippen molar-refractivity contribution in [3.8, 4) is 0 Å². The van der Waals surface area contributed by atoms with E-state index in [0.29, 0.717) is 13.1 Å². The number of pyridine rings is 1. The van der Waals surface area contributed by atoms with Crippen molar-refractivity contribution in [3.05, 3.63) is 23.9 Å². The van der Waals surface area contributed by atoms with Crippen LogP contribution in [-0.4, -0.2) is 36.5 Å². The van der Waals surface area contributed by atoms with E-state index in [1.165, 1.54) is 4.31 Å². The molecule has 0 unspecified atom stereocenters. The van der Waals surface area contributed by atoms with Gasteiger partial charge in [-0.05, 0) is 24.5 Å². The average Bonchev–Trinajstić information content (AvgIpc) is 2.68. The lowest BCUT2D eigenvalue weighted by atomic mass is 10.2. The number of hydrogen-bond acceptors (Lipinski definition) is 4. The summed E-state index contributed by atoms with van der Waals surface area (Å²) in [6, 6.07) is 3.83. The minimum absolute atomic E-state index is 0.274. The third kappa shape index (κ3) is 3.20. The molecule has 2 heterocycles. The van der Waals surface area contributed by atoms with Crippen molar-refractivity contribution >= 4 is 15.8 Å². The maximum atomic E-state index is 11.7. The molecular weight excluding hydrogens is 250 g/mol. The predicted molar refractivity (Wildman–Crippen MR) is 71.8 cm³/mol. The highest BCUT2D eigenvalue weighted by Gasteiger charge is 2.27. The van der Waals surface area contributed by atoms with Gasteiger partial charge in [0.2, 0.25) is 10.0 Å². The third-order valence-electron chi connectivity index (χ3n) is 2.94. The fourth-order valence-corrected chi connectivity index (χ4v) is 3.45. The third-order valence-corrected chi connectivity index (χ3v) is 4.85. The molecule has 0 amide bonds. The first-order valence-electron chi connectivity index (χ1n) is 6.28. The van der Waals surface area contributed by atoms with Gasteiger partial charge in [-0.3, -0.25) is 0 Å². The summed E-state index contributed by atoms with van der Waals surface area (Å²) in [6.07, 6.45) is 3.52. The Kier molecular flexibility index (Phi) is 4.19. The van der Waals surface area contributed by atoms with Crippen LogP contribution in [-0.2, 0) is 16.6 Å². The standard InChI is InChI=1S/C12H19N3O2S/c1-2-6-13-12-5-4-11(9-14-12)10-15-7-3-8-18(15,16)17/h4-5,9H,2-3,6-8,10H2,1H3,(H,13,14). The molecule has 18 heavy (non-hydrogen) atoms. The van der Waals surface area contributed by atoms with Crippen LogP contribution in [0.1, 0.15) is 25.3 Å². The first-order valence-corrected chi connectivity index (χ1v) is 7.89. The highest BCUT2D eigenvalue weighted by molar-refractivity contribution is 7.89. The van der Waals surface area contributed by atoms with Gasteiger partial charge in [0.1, 0.15) is 5.82 Å². The number of nitrogens with one attached hydrogen (secondary N) is 1. The van der Waals surface area contributed by atoms with E-state index in [-0.39, 0.29) is 5.75 Å². The summed E-state index contributed by atoms with van der Waals surface area (Å²) >= 11 is 0. The molecule has 0 spiro atoms. The van der Waals surface area contributed by atoms with Gasteiger partial charge in [-0.2, -0.15) is 4.31 Å². The Bertz CT molecular complexity index is 485. The van der Waals surface area contributed by atoms with Crippen molar-refractivity contribution in [1.82, 2.24) is 9.29 Å². The summed E-state index contributed by atoms with van der Waals surface area (Å²) in [5, 5.41) is 3.19. The molecule has 5 nitrogen and oxygen atoms in total. The van der Waals surface area contributed by atoms with E-state index in [4.69, 9.17) is 0 Å². The first-order chi connectivity index (χ1) is 8.62. The van der Waals surface area contributed by atoms with E-state index < -0.39 is 10.0 Å². The maximum Gasteiger partial charge on any atom is 0.214 e. The fraction of sp³-hybridized carbons (Fsp3) is 0.583. The van der Waals surface area contributed by atoms with Crippen LogP contribution in [0.2, 0.25) is 0 Å². The number of sulfonamides is 1. The maximum absolute atomic E-state index is 11.7. The predicted octanol–water partition coefficient (Wildman–Crippen LogP) is 1.44. The van der Waals surface area contributed by atoms with Crippen LogP contribution < -0.4 is 5.32 Å². The molecule has 1 saturated heterocycles. The van der Waals surface area contributed by atoms with Crippen molar-refractivity contribution < 1.29 is 8.42 Å². The van der Waals surface area contributed by atoms with Crippen LogP contribution in [0.3, 0.4) is 0 Å². The van der Waals surface area contributed by atoms with Crippen molar-refractivity contribution in [2.24, 2.45) is 0 Å². The first kappa shape index (κ1) is 13.3. The average molecular weight is 269 g/mol. The molecule has 0 atom stereocenters. The number of aromatic nitrogens is 1. The highest BCUT2D eigenvalue weighted by atomic mass is 32.2. The SMILES string of the molecule is CCCNc1ccc(CN2CCCS2(=O)=O)cn1. The Morgan fingerprint density at radius 2 is 2.28 bits per heavy atom. The van der Waals surface area contributed by atoms with Gasteiger partial charge in [-0.25, -0.2) is 13.4 Å². The van der Waals surface area contributed by atoms with E-state index in [2.05, 4.69) is 17.2 Å². The van der Waals surface area contributed by atoms with Gasteiger partial charge in [-0.1, -0.05) is 13.0 Å². The molecule has 1 aromatic heterocycles. The molecular formula is C12H19N3O2S. The lowest BCUT2D eigenvalue weighted by molar-refractivity contribution is 0.439. The van der Waals surface area contributed by atoms with Gasteiger partial charge >= 0.3 is 0 Å². The van der Waals surface area contributed by atoms with Crippen LogP contribution in [0.25, 0.3) is 0 Å². The Labute approximate surface area is 108 Å². The van der Waals surface area contributed by atoms with Gasteiger partial charge in [0.25, 0.3) is 0 Å². The second kappa shape index (κ2) is 5.67. The molecule has 0 aromatic carbocycles. The van der Waals surface area contributed by atoms with Gasteiger partial charge in [-0.15, -0.1) is 0 Å². The Balaban J connectivity index is 1.98. The molecule has 1 aromatic rings. The summed E-state index contributed by atoms with van der Waals surface area (Å²) in [6.45, 7) is 4.05. The molecule has 1 fully saturated rings. The summed E-state index contributed by atoms with van der Waals surface area (Å²) < 4.78 is 24.9. The topological polar surface area (TPSA) is 62.3 Å². The Hall–Kier alpha value is -1.14. The van der Waals surface area contributed by atoms with Gasteiger partial charge in [0, 0.05) is 25.8 Å². The fourth-order valence-electron chi connectivity index (χ4n) is 1.95. The van der Waals surface area contributed by atoms with Crippen LogP contribution >= 0.6 is 0 Å². The molecule has 0 aliphatic carbocycles. The summed E-state index contributed by atoms with van der Waals surface area (Å²) in [5.74, 6) is 1.11. The normalized spacial score (nSPS) is 18.9. The van der Waals surface area contributed by atoms with Crippen LogP contribution in [0.4, 0.5) is 5.82 Å². The molecule has 0 bridgehead atoms. The number of nitrogens with zero attached hydrogens (tertiary/aromatic N) is 2. The zero-order valence-electron chi connectivity index (χ0n) is 10.6. The van der Waals surface area contributed by atoms with E-state index in [1.54, 1.807) is 6.20 Å². The molecule has 6 heteroatoms. The zero-order chi connectivity index (χ0) is 13.0. The van der Waals surface area contributed by atoms with Gasteiger partial charge in [0.05, 0.1) is 5.75 Å². The summed E-state index contributed by atoms with van der Waals surface area (Å²) in [4.78, 5) is 4.27. The number of anilines is 1. The lowest BCUT2D eigenvalue weighted by Crippen LogP contribution is -2.25.